The summed E-state index contributed by atoms with van der Waals surface area (Å²) in [6.07, 6.45) is 2.24. The van der Waals surface area contributed by atoms with E-state index >= 15 is 0 Å². The molecule has 0 saturated heterocycles. The van der Waals surface area contributed by atoms with Crippen LogP contribution in [-0.4, -0.2) is 24.1 Å². The second-order valence-electron chi connectivity index (χ2n) is 4.03. The number of hydrogen-bond acceptors (Lipinski definition) is 3. The highest BCUT2D eigenvalue weighted by atomic mass is 79.9. The molecule has 2 amide bonds. The average molecular weight is 326 g/mol. The van der Waals surface area contributed by atoms with Crippen molar-refractivity contribution in [3.63, 3.8) is 0 Å². The monoisotopic (exact) mass is 325 g/mol. The molecule has 0 aliphatic heterocycles. The molecular weight excluding hydrogens is 310 g/mol. The van der Waals surface area contributed by atoms with E-state index in [9.17, 15) is 9.59 Å². The molecule has 1 rings (SSSR count). The summed E-state index contributed by atoms with van der Waals surface area (Å²) in [5.41, 5.74) is 3.01. The van der Waals surface area contributed by atoms with Gasteiger partial charge in [-0.25, -0.2) is 5.43 Å². The van der Waals surface area contributed by atoms with Gasteiger partial charge >= 0.3 is 11.8 Å². The van der Waals surface area contributed by atoms with Crippen molar-refractivity contribution < 1.29 is 9.59 Å². The van der Waals surface area contributed by atoms with E-state index in [-0.39, 0.29) is 6.04 Å². The van der Waals surface area contributed by atoms with Gasteiger partial charge in [-0.1, -0.05) is 35.0 Å². The molecule has 0 unspecified atom stereocenters. The quantitative estimate of drug-likeness (QED) is 0.503. The standard InChI is InChI=1S/C13H16BrN3O2/c1-3-9(2)16-12(18)13(19)17-15-8-10-4-6-11(14)7-5-10/h4-9H,3H2,1-2H3,(H,16,18)(H,17,19)/b15-8-/t9-/m1/s1. The van der Waals surface area contributed by atoms with Crippen LogP contribution in [0.15, 0.2) is 33.8 Å². The third kappa shape index (κ3) is 5.65. The fourth-order valence-corrected chi connectivity index (χ4v) is 1.42. The Bertz CT molecular complexity index is 471. The van der Waals surface area contributed by atoms with Gasteiger partial charge in [0.1, 0.15) is 0 Å². The number of benzene rings is 1. The van der Waals surface area contributed by atoms with Crippen LogP contribution in [0.3, 0.4) is 0 Å². The number of hydrogen-bond donors (Lipinski definition) is 2. The maximum atomic E-state index is 11.4. The first-order chi connectivity index (χ1) is 9.02. The molecule has 0 spiro atoms. The number of carbonyl (C=O) groups excluding carboxylic acids is 2. The minimum absolute atomic E-state index is 0.0336. The molecule has 0 fully saturated rings. The Hall–Kier alpha value is -1.69. The topological polar surface area (TPSA) is 70.6 Å². The van der Waals surface area contributed by atoms with Gasteiger partial charge in [-0.15, -0.1) is 0 Å². The normalized spacial score (nSPS) is 12.2. The number of rotatable bonds is 4. The Kier molecular flexibility index (Phi) is 6.21. The Balaban J connectivity index is 2.45. The summed E-state index contributed by atoms with van der Waals surface area (Å²) in [7, 11) is 0. The zero-order valence-corrected chi connectivity index (χ0v) is 12.4. The van der Waals surface area contributed by atoms with Crippen molar-refractivity contribution in [2.24, 2.45) is 5.10 Å². The van der Waals surface area contributed by atoms with Crippen LogP contribution in [0.4, 0.5) is 0 Å². The lowest BCUT2D eigenvalue weighted by Crippen LogP contribution is -2.41. The Labute approximate surface area is 120 Å². The molecule has 6 heteroatoms. The van der Waals surface area contributed by atoms with E-state index in [0.717, 1.165) is 16.5 Å². The number of nitrogens with zero attached hydrogens (tertiary/aromatic N) is 1. The van der Waals surface area contributed by atoms with E-state index in [4.69, 9.17) is 0 Å². The molecule has 102 valence electrons. The number of amides is 2. The highest BCUT2D eigenvalue weighted by Crippen LogP contribution is 2.08. The lowest BCUT2D eigenvalue weighted by molar-refractivity contribution is -0.139. The average Bonchev–Trinajstić information content (AvgIpc) is 2.40. The smallest absolute Gasteiger partial charge is 0.329 e. The van der Waals surface area contributed by atoms with Crippen molar-refractivity contribution in [2.75, 3.05) is 0 Å². The van der Waals surface area contributed by atoms with Crippen LogP contribution >= 0.6 is 15.9 Å². The summed E-state index contributed by atoms with van der Waals surface area (Å²) in [5, 5.41) is 6.28. The van der Waals surface area contributed by atoms with Crippen molar-refractivity contribution in [3.8, 4) is 0 Å². The first kappa shape index (κ1) is 15.4. The lowest BCUT2D eigenvalue weighted by atomic mass is 10.2. The molecule has 2 N–H and O–H groups in total. The van der Waals surface area contributed by atoms with Crippen LogP contribution in [-0.2, 0) is 9.59 Å². The molecule has 0 heterocycles. The van der Waals surface area contributed by atoms with E-state index in [1.54, 1.807) is 0 Å². The van der Waals surface area contributed by atoms with Gasteiger partial charge < -0.3 is 5.32 Å². The van der Waals surface area contributed by atoms with E-state index in [1.807, 2.05) is 38.1 Å². The summed E-state index contributed by atoms with van der Waals surface area (Å²) in [6, 6.07) is 7.35. The SMILES string of the molecule is CC[C@@H](C)NC(=O)C(=O)N/N=C\c1ccc(Br)cc1. The van der Waals surface area contributed by atoms with Crippen LogP contribution < -0.4 is 10.7 Å². The molecule has 0 radical (unpaired) electrons. The van der Waals surface area contributed by atoms with Gasteiger partial charge in [0, 0.05) is 10.5 Å². The minimum Gasteiger partial charge on any atom is -0.345 e. The highest BCUT2D eigenvalue weighted by Gasteiger charge is 2.13. The van der Waals surface area contributed by atoms with E-state index in [1.165, 1.54) is 6.21 Å². The second kappa shape index (κ2) is 7.68. The summed E-state index contributed by atoms with van der Waals surface area (Å²) in [4.78, 5) is 22.8. The van der Waals surface area contributed by atoms with Gasteiger partial charge in [-0.05, 0) is 31.0 Å². The van der Waals surface area contributed by atoms with Crippen molar-refractivity contribution in [1.82, 2.24) is 10.7 Å². The first-order valence-electron chi connectivity index (χ1n) is 5.92. The molecule has 0 saturated carbocycles. The molecule has 0 aliphatic carbocycles. The zero-order chi connectivity index (χ0) is 14.3. The molecule has 1 atom stereocenters. The predicted octanol–water partition coefficient (Wildman–Crippen LogP) is 1.81. The largest absolute Gasteiger partial charge is 0.345 e. The lowest BCUT2D eigenvalue weighted by Gasteiger charge is -2.09. The van der Waals surface area contributed by atoms with Gasteiger partial charge in [0.05, 0.1) is 6.21 Å². The van der Waals surface area contributed by atoms with Gasteiger partial charge in [0.15, 0.2) is 0 Å². The van der Waals surface area contributed by atoms with Crippen LogP contribution in [0.2, 0.25) is 0 Å². The number of hydrazone groups is 1. The Morgan fingerprint density at radius 3 is 2.53 bits per heavy atom. The van der Waals surface area contributed by atoms with Crippen molar-refractivity contribution in [2.45, 2.75) is 26.3 Å². The van der Waals surface area contributed by atoms with E-state index in [2.05, 4.69) is 31.8 Å². The molecule has 19 heavy (non-hydrogen) atoms. The third-order valence-electron chi connectivity index (χ3n) is 2.45. The first-order valence-corrected chi connectivity index (χ1v) is 6.71. The van der Waals surface area contributed by atoms with Gasteiger partial charge in [0.2, 0.25) is 0 Å². The zero-order valence-electron chi connectivity index (χ0n) is 10.8. The van der Waals surface area contributed by atoms with Gasteiger partial charge in [-0.3, -0.25) is 9.59 Å². The number of carbonyl (C=O) groups is 2. The third-order valence-corrected chi connectivity index (χ3v) is 2.97. The predicted molar refractivity (Wildman–Crippen MR) is 77.8 cm³/mol. The van der Waals surface area contributed by atoms with E-state index in [0.29, 0.717) is 0 Å². The molecule has 1 aromatic carbocycles. The van der Waals surface area contributed by atoms with Crippen LogP contribution in [0, 0.1) is 0 Å². The van der Waals surface area contributed by atoms with Crippen LogP contribution in [0.1, 0.15) is 25.8 Å². The minimum atomic E-state index is -0.770. The van der Waals surface area contributed by atoms with E-state index < -0.39 is 11.8 Å². The molecule has 5 nitrogen and oxygen atoms in total. The maximum absolute atomic E-state index is 11.4. The summed E-state index contributed by atoms with van der Waals surface area (Å²) >= 11 is 3.32. The van der Waals surface area contributed by atoms with Crippen LogP contribution in [0.25, 0.3) is 0 Å². The number of halogens is 1. The Morgan fingerprint density at radius 1 is 1.32 bits per heavy atom. The molecule has 0 aromatic heterocycles. The van der Waals surface area contributed by atoms with Crippen LogP contribution in [0.5, 0.6) is 0 Å². The van der Waals surface area contributed by atoms with Crippen molar-refractivity contribution in [3.05, 3.63) is 34.3 Å². The highest BCUT2D eigenvalue weighted by molar-refractivity contribution is 9.10. The van der Waals surface area contributed by atoms with Crippen molar-refractivity contribution in [1.29, 1.82) is 0 Å². The van der Waals surface area contributed by atoms with Gasteiger partial charge in [-0.2, -0.15) is 5.10 Å². The molecule has 1 aromatic rings. The summed E-state index contributed by atoms with van der Waals surface area (Å²) in [6.45, 7) is 3.75. The van der Waals surface area contributed by atoms with Crippen molar-refractivity contribution >= 4 is 34.0 Å². The molecular formula is C13H16BrN3O2. The molecule has 0 aliphatic rings. The fourth-order valence-electron chi connectivity index (χ4n) is 1.16. The summed E-state index contributed by atoms with van der Waals surface area (Å²) in [5.74, 6) is -1.45. The number of nitrogens with one attached hydrogen (secondary N) is 2. The Morgan fingerprint density at radius 2 is 1.95 bits per heavy atom. The fraction of sp³-hybridized carbons (Fsp3) is 0.308. The summed E-state index contributed by atoms with van der Waals surface area (Å²) < 4.78 is 0.960. The molecule has 0 bridgehead atoms. The maximum Gasteiger partial charge on any atom is 0.329 e. The second-order valence-corrected chi connectivity index (χ2v) is 4.95. The van der Waals surface area contributed by atoms with Gasteiger partial charge in [0.25, 0.3) is 0 Å².